The third-order valence-electron chi connectivity index (χ3n) is 1.78. The summed E-state index contributed by atoms with van der Waals surface area (Å²) in [6, 6.07) is 0. The number of carbonyl (C=O) groups is 1. The van der Waals surface area contributed by atoms with Crippen LogP contribution in [0.5, 0.6) is 0 Å². The molecule has 0 amide bonds. The molecular formula is C8H13NO. The van der Waals surface area contributed by atoms with Crippen LogP contribution in [0.4, 0.5) is 0 Å². The van der Waals surface area contributed by atoms with Crippen molar-refractivity contribution in [3.8, 4) is 0 Å². The van der Waals surface area contributed by atoms with Crippen LogP contribution in [0.25, 0.3) is 0 Å². The van der Waals surface area contributed by atoms with E-state index in [-0.39, 0.29) is 0 Å². The largest absolute Gasteiger partial charge is 0.394 e. The second-order valence-corrected chi connectivity index (χ2v) is 2.59. The zero-order chi connectivity index (χ0) is 7.40. The van der Waals surface area contributed by atoms with Gasteiger partial charge >= 0.3 is 0 Å². The summed E-state index contributed by atoms with van der Waals surface area (Å²) in [6.45, 7) is 0. The predicted molar refractivity (Wildman–Crippen MR) is 40.6 cm³/mol. The van der Waals surface area contributed by atoms with Crippen molar-refractivity contribution in [3.05, 3.63) is 11.8 Å². The van der Waals surface area contributed by atoms with Gasteiger partial charge in [-0.2, -0.15) is 0 Å². The van der Waals surface area contributed by atoms with Gasteiger partial charge in [-0.25, -0.2) is 0 Å². The first-order valence-corrected chi connectivity index (χ1v) is 3.74. The molecule has 0 unspecified atom stereocenters. The Kier molecular flexibility index (Phi) is 2.49. The van der Waals surface area contributed by atoms with Gasteiger partial charge in [0.05, 0.1) is 0 Å². The van der Waals surface area contributed by atoms with Crippen molar-refractivity contribution in [1.82, 2.24) is 5.32 Å². The zero-order valence-corrected chi connectivity index (χ0v) is 6.31. The Bertz CT molecular complexity index is 161. The lowest BCUT2D eigenvalue weighted by molar-refractivity contribution is -0.116. The van der Waals surface area contributed by atoms with Gasteiger partial charge in [-0.3, -0.25) is 4.79 Å². The summed E-state index contributed by atoms with van der Waals surface area (Å²) in [5.74, 6) is 0.320. The Balaban J connectivity index is 2.56. The SMILES string of the molecule is CN/C=C1/CCCCC1=O. The number of hydrogen-bond donors (Lipinski definition) is 1. The quantitative estimate of drug-likeness (QED) is 0.554. The summed E-state index contributed by atoms with van der Waals surface area (Å²) in [5, 5.41) is 2.88. The van der Waals surface area contributed by atoms with Gasteiger partial charge in [-0.15, -0.1) is 0 Å². The van der Waals surface area contributed by atoms with Crippen LogP contribution in [0.15, 0.2) is 11.8 Å². The Hall–Kier alpha value is -0.790. The molecule has 1 saturated carbocycles. The van der Waals surface area contributed by atoms with Crippen molar-refractivity contribution in [2.45, 2.75) is 25.7 Å². The molecule has 0 radical (unpaired) electrons. The minimum absolute atomic E-state index is 0.320. The van der Waals surface area contributed by atoms with Crippen molar-refractivity contribution in [1.29, 1.82) is 0 Å². The number of hydrogen-bond acceptors (Lipinski definition) is 2. The molecule has 2 nitrogen and oxygen atoms in total. The average molecular weight is 139 g/mol. The molecule has 1 fully saturated rings. The van der Waals surface area contributed by atoms with Gasteiger partial charge in [-0.05, 0) is 19.3 Å². The summed E-state index contributed by atoms with van der Waals surface area (Å²) in [4.78, 5) is 11.1. The van der Waals surface area contributed by atoms with Gasteiger partial charge in [-0.1, -0.05) is 0 Å². The molecule has 10 heavy (non-hydrogen) atoms. The Morgan fingerprint density at radius 1 is 1.40 bits per heavy atom. The van der Waals surface area contributed by atoms with Crippen LogP contribution in [0.3, 0.4) is 0 Å². The van der Waals surface area contributed by atoms with Crippen LogP contribution in [-0.2, 0) is 4.79 Å². The van der Waals surface area contributed by atoms with Gasteiger partial charge in [0, 0.05) is 25.2 Å². The smallest absolute Gasteiger partial charge is 0.160 e. The Morgan fingerprint density at radius 3 is 2.70 bits per heavy atom. The monoisotopic (exact) mass is 139 g/mol. The van der Waals surface area contributed by atoms with E-state index < -0.39 is 0 Å². The van der Waals surface area contributed by atoms with E-state index in [1.165, 1.54) is 6.42 Å². The zero-order valence-electron chi connectivity index (χ0n) is 6.31. The van der Waals surface area contributed by atoms with Crippen LogP contribution in [0.2, 0.25) is 0 Å². The molecule has 0 heterocycles. The van der Waals surface area contributed by atoms with E-state index in [2.05, 4.69) is 5.32 Å². The Labute approximate surface area is 61.3 Å². The van der Waals surface area contributed by atoms with E-state index in [0.29, 0.717) is 5.78 Å². The summed E-state index contributed by atoms with van der Waals surface area (Å²) >= 11 is 0. The van der Waals surface area contributed by atoms with Crippen molar-refractivity contribution < 1.29 is 4.79 Å². The lowest BCUT2D eigenvalue weighted by Crippen LogP contribution is -2.11. The van der Waals surface area contributed by atoms with Crippen LogP contribution in [0.1, 0.15) is 25.7 Å². The molecule has 0 aromatic rings. The average Bonchev–Trinajstić information content (AvgIpc) is 1.94. The number of rotatable bonds is 1. The minimum Gasteiger partial charge on any atom is -0.394 e. The normalized spacial score (nSPS) is 23.3. The molecular weight excluding hydrogens is 126 g/mol. The highest BCUT2D eigenvalue weighted by Gasteiger charge is 2.13. The van der Waals surface area contributed by atoms with Crippen LogP contribution < -0.4 is 5.32 Å². The molecule has 1 aliphatic carbocycles. The third-order valence-corrected chi connectivity index (χ3v) is 1.78. The highest BCUT2D eigenvalue weighted by Crippen LogP contribution is 2.18. The summed E-state index contributed by atoms with van der Waals surface area (Å²) in [6.07, 6.45) is 5.76. The maximum Gasteiger partial charge on any atom is 0.160 e. The first kappa shape index (κ1) is 7.32. The second kappa shape index (κ2) is 3.40. The molecule has 1 N–H and O–H groups in total. The van der Waals surface area contributed by atoms with E-state index in [9.17, 15) is 4.79 Å². The van der Waals surface area contributed by atoms with Crippen molar-refractivity contribution in [2.75, 3.05) is 7.05 Å². The molecule has 0 bridgehead atoms. The molecule has 0 aromatic carbocycles. The van der Waals surface area contributed by atoms with E-state index in [1.807, 2.05) is 13.2 Å². The van der Waals surface area contributed by atoms with E-state index >= 15 is 0 Å². The topological polar surface area (TPSA) is 29.1 Å². The van der Waals surface area contributed by atoms with E-state index in [1.54, 1.807) is 0 Å². The predicted octanol–water partition coefficient (Wildman–Crippen LogP) is 1.23. The number of nitrogens with one attached hydrogen (secondary N) is 1. The highest BCUT2D eigenvalue weighted by atomic mass is 16.1. The summed E-state index contributed by atoms with van der Waals surface area (Å²) in [5.41, 5.74) is 0.966. The summed E-state index contributed by atoms with van der Waals surface area (Å²) < 4.78 is 0. The minimum atomic E-state index is 0.320. The lowest BCUT2D eigenvalue weighted by Gasteiger charge is -2.11. The highest BCUT2D eigenvalue weighted by molar-refractivity contribution is 5.95. The molecule has 0 atom stereocenters. The molecule has 56 valence electrons. The van der Waals surface area contributed by atoms with Crippen molar-refractivity contribution >= 4 is 5.78 Å². The maximum absolute atomic E-state index is 11.1. The molecule has 0 aliphatic heterocycles. The molecule has 0 saturated heterocycles. The fourth-order valence-corrected chi connectivity index (χ4v) is 1.23. The fourth-order valence-electron chi connectivity index (χ4n) is 1.23. The summed E-state index contributed by atoms with van der Waals surface area (Å²) in [7, 11) is 1.83. The molecule has 0 spiro atoms. The standard InChI is InChI=1S/C8H13NO/c1-9-6-7-4-2-3-5-8(7)10/h6,9H,2-5H2,1H3/b7-6-. The van der Waals surface area contributed by atoms with Gasteiger partial charge in [0.25, 0.3) is 0 Å². The fraction of sp³-hybridized carbons (Fsp3) is 0.625. The lowest BCUT2D eigenvalue weighted by atomic mass is 9.94. The number of allylic oxidation sites excluding steroid dienone is 1. The second-order valence-electron chi connectivity index (χ2n) is 2.59. The van der Waals surface area contributed by atoms with Crippen molar-refractivity contribution in [2.24, 2.45) is 0 Å². The molecule has 2 heteroatoms. The van der Waals surface area contributed by atoms with E-state index in [0.717, 1.165) is 24.8 Å². The number of ketones is 1. The number of Topliss-reactive ketones (excluding diaryl/α,β-unsaturated/α-hetero) is 1. The van der Waals surface area contributed by atoms with Crippen LogP contribution in [0, 0.1) is 0 Å². The third kappa shape index (κ3) is 1.59. The first-order chi connectivity index (χ1) is 4.84. The van der Waals surface area contributed by atoms with Gasteiger partial charge < -0.3 is 5.32 Å². The van der Waals surface area contributed by atoms with Crippen molar-refractivity contribution in [3.63, 3.8) is 0 Å². The van der Waals surface area contributed by atoms with Gasteiger partial charge in [0.1, 0.15) is 0 Å². The molecule has 1 rings (SSSR count). The first-order valence-electron chi connectivity index (χ1n) is 3.74. The van der Waals surface area contributed by atoms with Crippen LogP contribution in [-0.4, -0.2) is 12.8 Å². The number of carbonyl (C=O) groups excluding carboxylic acids is 1. The maximum atomic E-state index is 11.1. The van der Waals surface area contributed by atoms with Crippen LogP contribution >= 0.6 is 0 Å². The van der Waals surface area contributed by atoms with E-state index in [4.69, 9.17) is 0 Å². The van der Waals surface area contributed by atoms with Gasteiger partial charge in [0.15, 0.2) is 5.78 Å². The van der Waals surface area contributed by atoms with Gasteiger partial charge in [0.2, 0.25) is 0 Å². The Morgan fingerprint density at radius 2 is 2.10 bits per heavy atom. The molecule has 1 aliphatic rings. The molecule has 0 aromatic heterocycles.